The van der Waals surface area contributed by atoms with Gasteiger partial charge in [-0.2, -0.15) is 0 Å². The number of para-hydroxylation sites is 4. The van der Waals surface area contributed by atoms with Crippen LogP contribution in [0.4, 0.5) is 0 Å². The summed E-state index contributed by atoms with van der Waals surface area (Å²) in [6.45, 7) is 0. The Morgan fingerprint density at radius 1 is 0.254 bits per heavy atom. The van der Waals surface area contributed by atoms with Crippen LogP contribution < -0.4 is 0 Å². The van der Waals surface area contributed by atoms with Gasteiger partial charge in [-0.05, 0) is 78.9 Å². The van der Waals surface area contributed by atoms with E-state index in [-0.39, 0.29) is 0 Å². The summed E-state index contributed by atoms with van der Waals surface area (Å²) in [6.07, 6.45) is 0. The maximum atomic E-state index is 5.10. The van der Waals surface area contributed by atoms with Gasteiger partial charge in [-0.1, -0.05) is 140 Å². The van der Waals surface area contributed by atoms with Crippen LogP contribution in [0.25, 0.3) is 117 Å². The minimum Gasteiger partial charge on any atom is -0.309 e. The van der Waals surface area contributed by atoms with Crippen LogP contribution in [0.1, 0.15) is 0 Å². The van der Waals surface area contributed by atoms with Crippen molar-refractivity contribution >= 4 is 65.4 Å². The molecule has 0 aliphatic rings. The second-order valence-corrected chi connectivity index (χ2v) is 16.0. The lowest BCUT2D eigenvalue weighted by Gasteiger charge is -2.11. The van der Waals surface area contributed by atoms with Gasteiger partial charge in [0, 0.05) is 66.1 Å². The highest BCUT2D eigenvalue weighted by Crippen LogP contribution is 2.44. The molecule has 0 aliphatic heterocycles. The van der Waals surface area contributed by atoms with Crippen LogP contribution >= 0.6 is 0 Å². The topological polar surface area (TPSA) is 53.5 Å². The van der Waals surface area contributed by atoms with Crippen molar-refractivity contribution in [3.8, 4) is 51.2 Å². The van der Waals surface area contributed by atoms with Gasteiger partial charge < -0.3 is 13.7 Å². The molecule has 0 amide bonds. The molecule has 0 fully saturated rings. The molecule has 0 unspecified atom stereocenters. The highest BCUT2D eigenvalue weighted by Gasteiger charge is 2.23. The largest absolute Gasteiger partial charge is 0.309 e. The van der Waals surface area contributed by atoms with Gasteiger partial charge in [0.25, 0.3) is 0 Å². The van der Waals surface area contributed by atoms with E-state index >= 15 is 0 Å². The van der Waals surface area contributed by atoms with E-state index in [1.54, 1.807) is 0 Å². The third-order valence-corrected chi connectivity index (χ3v) is 12.5. The van der Waals surface area contributed by atoms with Crippen LogP contribution in [0.3, 0.4) is 0 Å². The number of hydrogen-bond donors (Lipinski definition) is 0. The standard InChI is InChI=1S/C57H36N6/c1-5-17-37(18-6-1)55-58-56(38-19-7-2-8-20-38)60-57(59-55)39-29-32-51-46(35-39)44-31-34-52-53(54(44)63(51)41-23-11-4-12-24-41)45-26-14-16-28-49(45)62(52)42-30-33-50-47(36-42)43-25-13-15-27-48(43)61(50)40-21-9-3-10-22-40/h1-36H. The van der Waals surface area contributed by atoms with Crippen molar-refractivity contribution in [2.45, 2.75) is 0 Å². The van der Waals surface area contributed by atoms with Gasteiger partial charge in [-0.15, -0.1) is 0 Å². The van der Waals surface area contributed by atoms with E-state index in [9.17, 15) is 0 Å². The SMILES string of the molecule is c1ccc(-c2nc(-c3ccccc3)nc(-c3ccc4c(c3)c3ccc5c(c6ccccc6n5-c5ccc6c(c5)c5ccccc5n6-c5ccccc5)c3n4-c3ccccc3)n2)cc1. The van der Waals surface area contributed by atoms with Crippen LogP contribution in [0, 0.1) is 0 Å². The Hall–Kier alpha value is -8.61. The molecular formula is C57H36N6. The summed E-state index contributed by atoms with van der Waals surface area (Å²) in [4.78, 5) is 15.2. The van der Waals surface area contributed by atoms with Gasteiger partial charge in [0.2, 0.25) is 0 Å². The number of fused-ring (bicyclic) bond motifs is 10. The number of hydrogen-bond acceptors (Lipinski definition) is 3. The average Bonchev–Trinajstić information content (AvgIpc) is 4.00. The number of nitrogens with zero attached hydrogens (tertiary/aromatic N) is 6. The highest BCUT2D eigenvalue weighted by atomic mass is 15.0. The first-order chi connectivity index (χ1) is 31.3. The zero-order valence-electron chi connectivity index (χ0n) is 34.0. The Morgan fingerprint density at radius 3 is 1.35 bits per heavy atom. The summed E-state index contributed by atoms with van der Waals surface area (Å²) in [5.41, 5.74) is 13.1. The van der Waals surface area contributed by atoms with E-state index in [1.807, 2.05) is 60.7 Å². The number of aromatic nitrogens is 6. The number of benzene rings is 9. The molecule has 13 rings (SSSR count). The molecule has 4 heterocycles. The van der Waals surface area contributed by atoms with E-state index in [0.29, 0.717) is 17.5 Å². The van der Waals surface area contributed by atoms with Crippen molar-refractivity contribution in [3.63, 3.8) is 0 Å². The van der Waals surface area contributed by atoms with Crippen molar-refractivity contribution in [2.75, 3.05) is 0 Å². The summed E-state index contributed by atoms with van der Waals surface area (Å²) in [5.74, 6) is 1.92. The zero-order valence-corrected chi connectivity index (χ0v) is 34.0. The summed E-state index contributed by atoms with van der Waals surface area (Å²) in [5, 5.41) is 7.13. The molecule has 6 nitrogen and oxygen atoms in total. The maximum absolute atomic E-state index is 5.10. The summed E-state index contributed by atoms with van der Waals surface area (Å²) < 4.78 is 7.25. The first-order valence-electron chi connectivity index (χ1n) is 21.3. The van der Waals surface area contributed by atoms with Gasteiger partial charge in [0.15, 0.2) is 17.5 Å². The quantitative estimate of drug-likeness (QED) is 0.168. The summed E-state index contributed by atoms with van der Waals surface area (Å²) in [7, 11) is 0. The Labute approximate surface area is 362 Å². The normalized spacial score (nSPS) is 11.8. The molecule has 4 aromatic heterocycles. The molecule has 0 radical (unpaired) electrons. The predicted octanol–water partition coefficient (Wildman–Crippen LogP) is 14.2. The Bertz CT molecular complexity index is 3830. The fraction of sp³-hybridized carbons (Fsp3) is 0. The van der Waals surface area contributed by atoms with Crippen LogP contribution in [0.5, 0.6) is 0 Å². The van der Waals surface area contributed by atoms with E-state index in [2.05, 4.69) is 171 Å². The molecule has 9 aromatic carbocycles. The fourth-order valence-corrected chi connectivity index (χ4v) is 9.71. The third-order valence-electron chi connectivity index (χ3n) is 12.5. The zero-order chi connectivity index (χ0) is 41.4. The van der Waals surface area contributed by atoms with Gasteiger partial charge in [0.1, 0.15) is 0 Å². The van der Waals surface area contributed by atoms with E-state index in [0.717, 1.165) is 66.6 Å². The first kappa shape index (κ1) is 35.2. The van der Waals surface area contributed by atoms with Crippen LogP contribution in [0.15, 0.2) is 218 Å². The van der Waals surface area contributed by atoms with Gasteiger partial charge >= 0.3 is 0 Å². The molecule has 63 heavy (non-hydrogen) atoms. The Kier molecular flexibility index (Phi) is 7.80. The maximum Gasteiger partial charge on any atom is 0.164 e. The second kappa shape index (κ2) is 14.0. The molecule has 0 bridgehead atoms. The smallest absolute Gasteiger partial charge is 0.164 e. The van der Waals surface area contributed by atoms with Gasteiger partial charge in [-0.3, -0.25) is 0 Å². The summed E-state index contributed by atoms with van der Waals surface area (Å²) >= 11 is 0. The monoisotopic (exact) mass is 804 g/mol. The minimum atomic E-state index is 0.631. The molecule has 0 aliphatic carbocycles. The molecule has 0 saturated carbocycles. The van der Waals surface area contributed by atoms with Crippen molar-refractivity contribution in [3.05, 3.63) is 218 Å². The molecule has 13 aromatic rings. The highest BCUT2D eigenvalue weighted by molar-refractivity contribution is 6.26. The molecule has 294 valence electrons. The van der Waals surface area contributed by atoms with E-state index in [1.165, 1.54) is 32.6 Å². The predicted molar refractivity (Wildman–Crippen MR) is 259 cm³/mol. The Morgan fingerprint density at radius 2 is 0.698 bits per heavy atom. The van der Waals surface area contributed by atoms with E-state index in [4.69, 9.17) is 15.0 Å². The average molecular weight is 805 g/mol. The van der Waals surface area contributed by atoms with Crippen LogP contribution in [-0.2, 0) is 0 Å². The van der Waals surface area contributed by atoms with Crippen molar-refractivity contribution < 1.29 is 0 Å². The lowest BCUT2D eigenvalue weighted by Crippen LogP contribution is -2.00. The second-order valence-electron chi connectivity index (χ2n) is 16.0. The lowest BCUT2D eigenvalue weighted by atomic mass is 10.1. The Balaban J connectivity index is 1.07. The van der Waals surface area contributed by atoms with E-state index < -0.39 is 0 Å². The summed E-state index contributed by atoms with van der Waals surface area (Å²) in [6, 6.07) is 77.4. The van der Waals surface area contributed by atoms with Crippen molar-refractivity contribution in [2.24, 2.45) is 0 Å². The molecular weight excluding hydrogens is 769 g/mol. The molecule has 6 heteroatoms. The third kappa shape index (κ3) is 5.48. The molecule has 0 atom stereocenters. The van der Waals surface area contributed by atoms with Crippen LogP contribution in [0.2, 0.25) is 0 Å². The minimum absolute atomic E-state index is 0.631. The first-order valence-corrected chi connectivity index (χ1v) is 21.3. The molecule has 0 spiro atoms. The van der Waals surface area contributed by atoms with Gasteiger partial charge in [-0.25, -0.2) is 15.0 Å². The number of rotatable bonds is 6. The van der Waals surface area contributed by atoms with Gasteiger partial charge in [0.05, 0.1) is 33.1 Å². The molecule has 0 N–H and O–H groups in total. The van der Waals surface area contributed by atoms with Crippen LogP contribution in [-0.4, -0.2) is 28.7 Å². The van der Waals surface area contributed by atoms with Crippen molar-refractivity contribution in [1.82, 2.24) is 28.7 Å². The lowest BCUT2D eigenvalue weighted by molar-refractivity contribution is 1.07. The molecule has 0 saturated heterocycles. The van der Waals surface area contributed by atoms with Crippen molar-refractivity contribution in [1.29, 1.82) is 0 Å². The fourth-order valence-electron chi connectivity index (χ4n) is 9.71.